The van der Waals surface area contributed by atoms with Gasteiger partial charge in [0.05, 0.1) is 17.0 Å². The number of piperidine rings is 1. The fourth-order valence-electron chi connectivity index (χ4n) is 3.48. The Labute approximate surface area is 148 Å². The number of carbonyl (C=O) groups excluding carboxylic acids is 2. The van der Waals surface area contributed by atoms with Crippen molar-refractivity contribution in [1.82, 2.24) is 14.5 Å². The second-order valence-electron chi connectivity index (χ2n) is 7.72. The summed E-state index contributed by atoms with van der Waals surface area (Å²) in [6.07, 6.45) is 1.65. The third kappa shape index (κ3) is 3.52. The maximum Gasteiger partial charge on any atom is 0.231 e. The number of likely N-dealkylation sites (tertiary alicyclic amines) is 1. The zero-order chi connectivity index (χ0) is 18.2. The summed E-state index contributed by atoms with van der Waals surface area (Å²) >= 11 is 0. The molecule has 1 aromatic heterocycles. The molecule has 1 saturated heterocycles. The Balaban J connectivity index is 1.87. The first-order valence-corrected chi connectivity index (χ1v) is 8.81. The van der Waals surface area contributed by atoms with Crippen molar-refractivity contribution in [3.63, 3.8) is 0 Å². The molecule has 6 nitrogen and oxygen atoms in total. The van der Waals surface area contributed by atoms with Gasteiger partial charge in [-0.1, -0.05) is 12.1 Å². The Morgan fingerprint density at radius 3 is 2.64 bits per heavy atom. The van der Waals surface area contributed by atoms with Gasteiger partial charge in [0, 0.05) is 25.6 Å². The Morgan fingerprint density at radius 2 is 1.96 bits per heavy atom. The van der Waals surface area contributed by atoms with Gasteiger partial charge >= 0.3 is 0 Å². The van der Waals surface area contributed by atoms with Crippen molar-refractivity contribution in [1.29, 1.82) is 0 Å². The second kappa shape index (κ2) is 6.50. The molecule has 2 heterocycles. The fourth-order valence-corrected chi connectivity index (χ4v) is 3.48. The van der Waals surface area contributed by atoms with Gasteiger partial charge in [0.25, 0.3) is 0 Å². The molecule has 1 unspecified atom stereocenters. The predicted octanol–water partition coefficient (Wildman–Crippen LogP) is 2.99. The summed E-state index contributed by atoms with van der Waals surface area (Å²) in [7, 11) is 0. The number of hydrogen-bond acceptors (Lipinski definition) is 3. The number of nitrogens with zero attached hydrogens (tertiary/aromatic N) is 3. The van der Waals surface area contributed by atoms with E-state index >= 15 is 0 Å². The topological polar surface area (TPSA) is 67.2 Å². The molecule has 1 atom stereocenters. The van der Waals surface area contributed by atoms with Gasteiger partial charge in [-0.3, -0.25) is 14.9 Å². The summed E-state index contributed by atoms with van der Waals surface area (Å²) in [5.74, 6) is 0.343. The summed E-state index contributed by atoms with van der Waals surface area (Å²) in [5.41, 5.74) is 1.65. The molecule has 1 fully saturated rings. The van der Waals surface area contributed by atoms with E-state index in [-0.39, 0.29) is 23.3 Å². The van der Waals surface area contributed by atoms with Crippen LogP contribution in [-0.2, 0) is 15.1 Å². The van der Waals surface area contributed by atoms with Gasteiger partial charge in [0.15, 0.2) is 0 Å². The monoisotopic (exact) mass is 342 g/mol. The molecule has 6 heteroatoms. The van der Waals surface area contributed by atoms with Crippen LogP contribution in [0.3, 0.4) is 0 Å². The minimum Gasteiger partial charge on any atom is -0.342 e. The number of aromatic nitrogens is 2. The number of benzene rings is 1. The van der Waals surface area contributed by atoms with Crippen LogP contribution in [-0.4, -0.2) is 39.4 Å². The normalized spacial score (nSPS) is 18.4. The number of anilines is 1. The Hall–Kier alpha value is -2.37. The molecule has 0 saturated carbocycles. The Kier molecular flexibility index (Phi) is 4.54. The van der Waals surface area contributed by atoms with Crippen molar-refractivity contribution < 1.29 is 9.59 Å². The maximum absolute atomic E-state index is 12.8. The number of fused-ring (bicyclic) bond motifs is 1. The van der Waals surface area contributed by atoms with Crippen LogP contribution in [0.1, 0.15) is 40.5 Å². The van der Waals surface area contributed by atoms with Crippen molar-refractivity contribution in [2.24, 2.45) is 5.92 Å². The van der Waals surface area contributed by atoms with Crippen LogP contribution in [0.15, 0.2) is 24.3 Å². The van der Waals surface area contributed by atoms with E-state index < -0.39 is 0 Å². The molecule has 1 aromatic carbocycles. The first kappa shape index (κ1) is 17.5. The number of para-hydroxylation sites is 2. The standard InChI is InChI=1S/C19H26N4O2/c1-13(24)22-11-7-8-14(12-22)17(25)21-18-20-15-9-5-6-10-16(15)23(18)19(2,3)4/h5-6,9-10,14H,7-8,11-12H2,1-4H3,(H,20,21,25). The highest BCUT2D eigenvalue weighted by molar-refractivity contribution is 5.93. The van der Waals surface area contributed by atoms with Crippen molar-refractivity contribution >= 4 is 28.8 Å². The molecule has 25 heavy (non-hydrogen) atoms. The molecule has 0 bridgehead atoms. The molecule has 2 aromatic rings. The van der Waals surface area contributed by atoms with E-state index in [1.54, 1.807) is 11.8 Å². The van der Waals surface area contributed by atoms with Crippen LogP contribution < -0.4 is 5.32 Å². The molecule has 1 N–H and O–H groups in total. The largest absolute Gasteiger partial charge is 0.342 e. The molecule has 1 aliphatic heterocycles. The number of rotatable bonds is 2. The lowest BCUT2D eigenvalue weighted by Gasteiger charge is -2.31. The van der Waals surface area contributed by atoms with Crippen molar-refractivity contribution in [3.05, 3.63) is 24.3 Å². The van der Waals surface area contributed by atoms with Crippen LogP contribution in [0.2, 0.25) is 0 Å². The first-order chi connectivity index (χ1) is 11.8. The summed E-state index contributed by atoms with van der Waals surface area (Å²) < 4.78 is 2.06. The first-order valence-electron chi connectivity index (χ1n) is 8.81. The molecular weight excluding hydrogens is 316 g/mol. The van der Waals surface area contributed by atoms with Crippen molar-refractivity contribution in [2.45, 2.75) is 46.1 Å². The van der Waals surface area contributed by atoms with Crippen LogP contribution in [0.4, 0.5) is 5.95 Å². The van der Waals surface area contributed by atoms with Gasteiger partial charge in [-0.25, -0.2) is 4.98 Å². The van der Waals surface area contributed by atoms with Crippen molar-refractivity contribution in [2.75, 3.05) is 18.4 Å². The average molecular weight is 342 g/mol. The van der Waals surface area contributed by atoms with E-state index in [1.807, 2.05) is 24.3 Å². The minimum atomic E-state index is -0.212. The molecule has 134 valence electrons. The lowest BCUT2D eigenvalue weighted by atomic mass is 9.97. The average Bonchev–Trinajstić information content (AvgIpc) is 2.92. The fraction of sp³-hybridized carbons (Fsp3) is 0.526. The molecule has 0 radical (unpaired) electrons. The summed E-state index contributed by atoms with van der Waals surface area (Å²) in [6.45, 7) is 9.05. The Morgan fingerprint density at radius 1 is 1.24 bits per heavy atom. The molecular formula is C19H26N4O2. The quantitative estimate of drug-likeness (QED) is 0.912. The molecule has 3 rings (SSSR count). The van der Waals surface area contributed by atoms with Crippen molar-refractivity contribution in [3.8, 4) is 0 Å². The van der Waals surface area contributed by atoms with Crippen LogP contribution >= 0.6 is 0 Å². The molecule has 1 aliphatic rings. The van der Waals surface area contributed by atoms with Gasteiger partial charge < -0.3 is 9.47 Å². The van der Waals surface area contributed by atoms with E-state index in [2.05, 4.69) is 35.6 Å². The maximum atomic E-state index is 12.8. The molecule has 0 spiro atoms. The van der Waals surface area contributed by atoms with Crippen LogP contribution in [0.5, 0.6) is 0 Å². The highest BCUT2D eigenvalue weighted by Gasteiger charge is 2.29. The van der Waals surface area contributed by atoms with Crippen LogP contribution in [0, 0.1) is 5.92 Å². The summed E-state index contributed by atoms with van der Waals surface area (Å²) in [4.78, 5) is 30.8. The SMILES string of the molecule is CC(=O)N1CCCC(C(=O)Nc2nc3ccccc3n2C(C)(C)C)C1. The number of amides is 2. The Bertz CT molecular complexity index is 803. The highest BCUT2D eigenvalue weighted by atomic mass is 16.2. The molecule has 0 aliphatic carbocycles. The highest BCUT2D eigenvalue weighted by Crippen LogP contribution is 2.28. The minimum absolute atomic E-state index is 0.0273. The third-order valence-corrected chi connectivity index (χ3v) is 4.70. The van der Waals surface area contributed by atoms with E-state index in [9.17, 15) is 9.59 Å². The number of carbonyl (C=O) groups is 2. The van der Waals surface area contributed by atoms with E-state index in [4.69, 9.17) is 0 Å². The summed E-state index contributed by atoms with van der Waals surface area (Å²) in [5, 5.41) is 3.01. The van der Waals surface area contributed by atoms with E-state index in [0.29, 0.717) is 12.5 Å². The van der Waals surface area contributed by atoms with Gasteiger partial charge in [0.2, 0.25) is 17.8 Å². The smallest absolute Gasteiger partial charge is 0.231 e. The van der Waals surface area contributed by atoms with Gasteiger partial charge in [-0.15, -0.1) is 0 Å². The zero-order valence-electron chi connectivity index (χ0n) is 15.4. The second-order valence-corrected chi connectivity index (χ2v) is 7.72. The van der Waals surface area contributed by atoms with Gasteiger partial charge in [-0.05, 0) is 45.7 Å². The number of hydrogen-bond donors (Lipinski definition) is 1. The van der Waals surface area contributed by atoms with Gasteiger partial charge in [0.1, 0.15) is 0 Å². The zero-order valence-corrected chi connectivity index (χ0v) is 15.4. The van der Waals surface area contributed by atoms with Crippen LogP contribution in [0.25, 0.3) is 11.0 Å². The number of imidazole rings is 1. The van der Waals surface area contributed by atoms with Gasteiger partial charge in [-0.2, -0.15) is 0 Å². The lowest BCUT2D eigenvalue weighted by molar-refractivity contribution is -0.132. The third-order valence-electron chi connectivity index (χ3n) is 4.70. The lowest BCUT2D eigenvalue weighted by Crippen LogP contribution is -2.43. The van der Waals surface area contributed by atoms with E-state index in [0.717, 1.165) is 30.4 Å². The summed E-state index contributed by atoms with van der Waals surface area (Å²) in [6, 6.07) is 7.89. The predicted molar refractivity (Wildman–Crippen MR) is 98.3 cm³/mol. The number of nitrogens with one attached hydrogen (secondary N) is 1. The molecule has 2 amide bonds. The van der Waals surface area contributed by atoms with E-state index in [1.165, 1.54) is 0 Å².